The van der Waals surface area contributed by atoms with Gasteiger partial charge in [0, 0.05) is 37.8 Å². The molecule has 1 aromatic rings. The summed E-state index contributed by atoms with van der Waals surface area (Å²) >= 11 is 0. The van der Waals surface area contributed by atoms with Crippen LogP contribution in [-0.4, -0.2) is 62.1 Å². The van der Waals surface area contributed by atoms with Gasteiger partial charge in [0.05, 0.1) is 6.54 Å². The number of benzene rings is 1. The van der Waals surface area contributed by atoms with Crippen molar-refractivity contribution in [3.63, 3.8) is 0 Å². The van der Waals surface area contributed by atoms with Crippen molar-refractivity contribution in [2.24, 2.45) is 4.99 Å². The first-order valence-electron chi connectivity index (χ1n) is 10.9. The summed E-state index contributed by atoms with van der Waals surface area (Å²) in [5, 5.41) is 6.71. The third kappa shape index (κ3) is 5.25. The highest BCUT2D eigenvalue weighted by Crippen LogP contribution is 2.27. The summed E-state index contributed by atoms with van der Waals surface area (Å²) in [6, 6.07) is 8.79. The van der Waals surface area contributed by atoms with E-state index in [1.807, 2.05) is 17.0 Å². The number of amides is 1. The Kier molecular flexibility index (Phi) is 7.71. The first-order chi connectivity index (χ1) is 13.7. The van der Waals surface area contributed by atoms with Gasteiger partial charge in [-0.2, -0.15) is 0 Å². The number of nitrogens with one attached hydrogen (secondary N) is 2. The molecule has 2 aliphatic rings. The fourth-order valence-electron chi connectivity index (χ4n) is 4.24. The Labute approximate surface area is 169 Å². The van der Waals surface area contributed by atoms with Gasteiger partial charge < -0.3 is 15.5 Å². The number of nitrogens with zero attached hydrogens (tertiary/aromatic N) is 3. The normalized spacial score (nSPS) is 19.7. The number of para-hydroxylation sites is 1. The predicted octanol–water partition coefficient (Wildman–Crippen LogP) is 2.40. The second-order valence-corrected chi connectivity index (χ2v) is 7.60. The van der Waals surface area contributed by atoms with Gasteiger partial charge in [-0.25, -0.2) is 0 Å². The lowest BCUT2D eigenvalue weighted by Gasteiger charge is -2.21. The van der Waals surface area contributed by atoms with Crippen molar-refractivity contribution in [3.8, 4) is 0 Å². The topological polar surface area (TPSA) is 60.0 Å². The number of likely N-dealkylation sites (tertiary alicyclic amines) is 1. The smallest absolute Gasteiger partial charge is 0.227 e. The summed E-state index contributed by atoms with van der Waals surface area (Å²) in [6.07, 6.45) is 4.86. The number of aliphatic imine (C=N–C) groups is 1. The van der Waals surface area contributed by atoms with Crippen LogP contribution in [0.1, 0.15) is 45.1 Å². The molecular formula is C22H35N5O. The van der Waals surface area contributed by atoms with Crippen molar-refractivity contribution < 1.29 is 4.79 Å². The molecule has 1 fully saturated rings. The molecule has 0 aliphatic carbocycles. The van der Waals surface area contributed by atoms with Gasteiger partial charge in [0.2, 0.25) is 5.91 Å². The number of fused-ring (bicyclic) bond motifs is 1. The molecule has 6 heteroatoms. The average Bonchev–Trinajstić information content (AvgIpc) is 3.35. The van der Waals surface area contributed by atoms with Crippen molar-refractivity contribution in [2.75, 3.05) is 44.2 Å². The first-order valence-corrected chi connectivity index (χ1v) is 10.9. The third-order valence-electron chi connectivity index (χ3n) is 5.76. The molecule has 1 saturated heterocycles. The van der Waals surface area contributed by atoms with E-state index in [2.05, 4.69) is 41.5 Å². The Hall–Kier alpha value is -2.08. The molecule has 2 heterocycles. The maximum Gasteiger partial charge on any atom is 0.227 e. The van der Waals surface area contributed by atoms with E-state index >= 15 is 0 Å². The van der Waals surface area contributed by atoms with Crippen LogP contribution in [0.15, 0.2) is 29.3 Å². The van der Waals surface area contributed by atoms with Gasteiger partial charge >= 0.3 is 0 Å². The largest absolute Gasteiger partial charge is 0.357 e. The average molecular weight is 386 g/mol. The SMILES string of the molecule is CCNC(=NCC1CCCN1CC)NCCCC(=O)N1CCc2ccccc21. The van der Waals surface area contributed by atoms with E-state index in [-0.39, 0.29) is 5.91 Å². The molecule has 0 radical (unpaired) electrons. The van der Waals surface area contributed by atoms with Gasteiger partial charge in [-0.15, -0.1) is 0 Å². The lowest BCUT2D eigenvalue weighted by molar-refractivity contribution is -0.118. The fourth-order valence-corrected chi connectivity index (χ4v) is 4.24. The van der Waals surface area contributed by atoms with Gasteiger partial charge in [0.1, 0.15) is 0 Å². The Morgan fingerprint density at radius 1 is 1.21 bits per heavy atom. The molecule has 0 bridgehead atoms. The quantitative estimate of drug-likeness (QED) is 0.410. The molecule has 1 aromatic carbocycles. The Morgan fingerprint density at radius 3 is 2.89 bits per heavy atom. The second-order valence-electron chi connectivity index (χ2n) is 7.60. The zero-order chi connectivity index (χ0) is 19.8. The minimum absolute atomic E-state index is 0.221. The number of hydrogen-bond donors (Lipinski definition) is 2. The van der Waals surface area contributed by atoms with Crippen LogP contribution in [0, 0.1) is 0 Å². The molecule has 2 N–H and O–H groups in total. The van der Waals surface area contributed by atoms with Gasteiger partial charge in [-0.05, 0) is 57.3 Å². The molecule has 1 unspecified atom stereocenters. The van der Waals surface area contributed by atoms with E-state index < -0.39 is 0 Å². The first kappa shape index (κ1) is 20.6. The molecule has 0 spiro atoms. The molecular weight excluding hydrogens is 350 g/mol. The highest BCUT2D eigenvalue weighted by molar-refractivity contribution is 5.95. The molecule has 28 heavy (non-hydrogen) atoms. The molecule has 1 atom stereocenters. The summed E-state index contributed by atoms with van der Waals surface area (Å²) in [5.41, 5.74) is 2.37. The molecule has 154 valence electrons. The molecule has 1 amide bonds. The van der Waals surface area contributed by atoms with Gasteiger partial charge in [0.25, 0.3) is 0 Å². The van der Waals surface area contributed by atoms with Crippen molar-refractivity contribution in [3.05, 3.63) is 29.8 Å². The van der Waals surface area contributed by atoms with Crippen LogP contribution >= 0.6 is 0 Å². The van der Waals surface area contributed by atoms with Crippen LogP contribution in [0.4, 0.5) is 5.69 Å². The minimum atomic E-state index is 0.221. The summed E-state index contributed by atoms with van der Waals surface area (Å²) in [4.78, 5) is 21.8. The highest BCUT2D eigenvalue weighted by atomic mass is 16.2. The van der Waals surface area contributed by atoms with E-state index in [0.29, 0.717) is 12.5 Å². The van der Waals surface area contributed by atoms with Crippen molar-refractivity contribution >= 4 is 17.6 Å². The molecule has 3 rings (SSSR count). The van der Waals surface area contributed by atoms with Gasteiger partial charge in [0.15, 0.2) is 5.96 Å². The van der Waals surface area contributed by atoms with Crippen LogP contribution in [0.3, 0.4) is 0 Å². The number of anilines is 1. The summed E-state index contributed by atoms with van der Waals surface area (Å²) in [5.74, 6) is 1.09. The lowest BCUT2D eigenvalue weighted by Crippen LogP contribution is -2.40. The van der Waals surface area contributed by atoms with Crippen molar-refractivity contribution in [1.29, 1.82) is 0 Å². The Balaban J connectivity index is 1.42. The maximum atomic E-state index is 12.6. The van der Waals surface area contributed by atoms with E-state index in [1.165, 1.54) is 24.9 Å². The number of likely N-dealkylation sites (N-methyl/N-ethyl adjacent to an activating group) is 1. The molecule has 6 nitrogen and oxygen atoms in total. The zero-order valence-electron chi connectivity index (χ0n) is 17.4. The van der Waals surface area contributed by atoms with Crippen LogP contribution in [0.25, 0.3) is 0 Å². The van der Waals surface area contributed by atoms with E-state index in [0.717, 1.165) is 57.2 Å². The molecule has 0 aromatic heterocycles. The number of carbonyl (C=O) groups is 1. The van der Waals surface area contributed by atoms with Gasteiger partial charge in [-0.1, -0.05) is 25.1 Å². The number of guanidine groups is 1. The lowest BCUT2D eigenvalue weighted by atomic mass is 10.2. The van der Waals surface area contributed by atoms with Gasteiger partial charge in [-0.3, -0.25) is 14.7 Å². The fraction of sp³-hybridized carbons (Fsp3) is 0.636. The maximum absolute atomic E-state index is 12.6. The van der Waals surface area contributed by atoms with E-state index in [9.17, 15) is 4.79 Å². The van der Waals surface area contributed by atoms with Crippen LogP contribution in [0.5, 0.6) is 0 Å². The molecule has 0 saturated carbocycles. The summed E-state index contributed by atoms with van der Waals surface area (Å²) in [7, 11) is 0. The zero-order valence-corrected chi connectivity index (χ0v) is 17.4. The predicted molar refractivity (Wildman–Crippen MR) is 116 cm³/mol. The summed E-state index contributed by atoms with van der Waals surface area (Å²) in [6.45, 7) is 9.86. The van der Waals surface area contributed by atoms with Crippen LogP contribution in [0.2, 0.25) is 0 Å². The second kappa shape index (κ2) is 10.5. The Morgan fingerprint density at radius 2 is 2.07 bits per heavy atom. The number of rotatable bonds is 8. The van der Waals surface area contributed by atoms with E-state index in [1.54, 1.807) is 0 Å². The Bertz CT molecular complexity index is 675. The number of hydrogen-bond acceptors (Lipinski definition) is 3. The summed E-state index contributed by atoms with van der Waals surface area (Å²) < 4.78 is 0. The van der Waals surface area contributed by atoms with Crippen molar-refractivity contribution in [2.45, 2.75) is 52.0 Å². The van der Waals surface area contributed by atoms with Crippen LogP contribution in [-0.2, 0) is 11.2 Å². The van der Waals surface area contributed by atoms with Crippen molar-refractivity contribution in [1.82, 2.24) is 15.5 Å². The minimum Gasteiger partial charge on any atom is -0.357 e. The third-order valence-corrected chi connectivity index (χ3v) is 5.76. The standard InChI is InChI=1S/C22H35N5O/c1-3-23-22(25-17-19-10-8-15-26(19)4-2)24-14-7-12-21(28)27-16-13-18-9-5-6-11-20(18)27/h5-6,9,11,19H,3-4,7-8,10,12-17H2,1-2H3,(H2,23,24,25). The van der Waals surface area contributed by atoms with Crippen LogP contribution < -0.4 is 15.5 Å². The monoisotopic (exact) mass is 385 g/mol. The highest BCUT2D eigenvalue weighted by Gasteiger charge is 2.24. The molecule has 2 aliphatic heterocycles. The van der Waals surface area contributed by atoms with E-state index in [4.69, 9.17) is 4.99 Å². The number of carbonyl (C=O) groups excluding carboxylic acids is 1.